The van der Waals surface area contributed by atoms with Gasteiger partial charge in [0.15, 0.2) is 5.69 Å². The molecule has 27 heavy (non-hydrogen) atoms. The van der Waals surface area contributed by atoms with Crippen LogP contribution in [0.2, 0.25) is 0 Å². The number of nitrogens with zero attached hydrogens (tertiary/aromatic N) is 5. The number of likely N-dealkylation sites (tertiary alicyclic amines) is 1. The van der Waals surface area contributed by atoms with Crippen LogP contribution < -0.4 is 5.32 Å². The summed E-state index contributed by atoms with van der Waals surface area (Å²) in [6.45, 7) is 2.72. The van der Waals surface area contributed by atoms with E-state index in [9.17, 15) is 4.79 Å². The van der Waals surface area contributed by atoms with Crippen LogP contribution in [0.25, 0.3) is 10.2 Å². The van der Waals surface area contributed by atoms with Crippen molar-refractivity contribution in [2.24, 2.45) is 0 Å². The molecule has 0 bridgehead atoms. The molecule has 1 aromatic carbocycles. The third-order valence-corrected chi connectivity index (χ3v) is 6.66. The van der Waals surface area contributed by atoms with E-state index < -0.39 is 0 Å². The lowest BCUT2D eigenvalue weighted by Gasteiger charge is -2.22. The number of carbonyl (C=O) groups is 1. The fraction of sp³-hybridized carbons (Fsp3) is 0.474. The summed E-state index contributed by atoms with van der Waals surface area (Å²) in [4.78, 5) is 19.8. The Hall–Kier alpha value is -2.32. The Kier molecular flexibility index (Phi) is 4.37. The Morgan fingerprint density at radius 2 is 2.04 bits per heavy atom. The van der Waals surface area contributed by atoms with Crippen molar-refractivity contribution in [1.29, 1.82) is 0 Å². The molecule has 7 nitrogen and oxygen atoms in total. The molecule has 0 radical (unpaired) electrons. The van der Waals surface area contributed by atoms with Gasteiger partial charge in [-0.15, -0.1) is 16.4 Å². The Morgan fingerprint density at radius 3 is 2.89 bits per heavy atom. The van der Waals surface area contributed by atoms with Crippen molar-refractivity contribution in [3.8, 4) is 0 Å². The van der Waals surface area contributed by atoms with E-state index >= 15 is 0 Å². The van der Waals surface area contributed by atoms with Gasteiger partial charge in [0.25, 0.3) is 5.91 Å². The van der Waals surface area contributed by atoms with Crippen LogP contribution in [0.1, 0.15) is 53.3 Å². The van der Waals surface area contributed by atoms with Gasteiger partial charge in [0, 0.05) is 6.54 Å². The van der Waals surface area contributed by atoms with E-state index in [2.05, 4.69) is 21.7 Å². The predicted octanol–water partition coefficient (Wildman–Crippen LogP) is 2.79. The molecule has 2 aromatic heterocycles. The highest BCUT2D eigenvalue weighted by molar-refractivity contribution is 7.18. The molecular formula is C19H22N6OS. The number of aromatic nitrogens is 4. The summed E-state index contributed by atoms with van der Waals surface area (Å²) in [5, 5.41) is 12.8. The van der Waals surface area contributed by atoms with Gasteiger partial charge in [-0.25, -0.2) is 9.67 Å². The smallest absolute Gasteiger partial charge is 0.276 e. The van der Waals surface area contributed by atoms with E-state index in [1.54, 1.807) is 11.3 Å². The largest absolute Gasteiger partial charge is 0.328 e. The quantitative estimate of drug-likeness (QED) is 0.754. The molecule has 2 saturated heterocycles. The number of benzene rings is 1. The molecule has 8 heteroatoms. The maximum atomic E-state index is 13.1. The lowest BCUT2D eigenvalue weighted by Crippen LogP contribution is -2.31. The highest BCUT2D eigenvalue weighted by Crippen LogP contribution is 2.37. The number of para-hydroxylation sites is 1. The van der Waals surface area contributed by atoms with Gasteiger partial charge < -0.3 is 10.2 Å². The number of piperidine rings is 1. The molecule has 4 heterocycles. The van der Waals surface area contributed by atoms with E-state index in [0.29, 0.717) is 11.7 Å². The average Bonchev–Trinajstić information content (AvgIpc) is 3.46. The van der Waals surface area contributed by atoms with Gasteiger partial charge in [0.1, 0.15) is 5.01 Å². The van der Waals surface area contributed by atoms with Gasteiger partial charge in [-0.1, -0.05) is 17.3 Å². The lowest BCUT2D eigenvalue weighted by atomic mass is 10.1. The number of nitrogens with one attached hydrogen (secondary N) is 1. The van der Waals surface area contributed by atoms with Crippen LogP contribution in [0.4, 0.5) is 0 Å². The fourth-order valence-corrected chi connectivity index (χ4v) is 5.19. The number of hydrogen-bond donors (Lipinski definition) is 1. The number of thiazole rings is 1. The van der Waals surface area contributed by atoms with E-state index in [-0.39, 0.29) is 11.9 Å². The summed E-state index contributed by atoms with van der Waals surface area (Å²) < 4.78 is 3.04. The van der Waals surface area contributed by atoms with E-state index in [0.717, 1.165) is 55.8 Å². The van der Waals surface area contributed by atoms with Crippen molar-refractivity contribution < 1.29 is 4.79 Å². The van der Waals surface area contributed by atoms with E-state index in [4.69, 9.17) is 4.98 Å². The minimum Gasteiger partial charge on any atom is -0.328 e. The predicted molar refractivity (Wildman–Crippen MR) is 104 cm³/mol. The molecule has 2 aliphatic rings. The molecule has 1 amide bonds. The molecule has 1 unspecified atom stereocenters. The van der Waals surface area contributed by atoms with E-state index in [1.807, 2.05) is 34.0 Å². The number of fused-ring (bicyclic) bond motifs is 1. The van der Waals surface area contributed by atoms with Crippen molar-refractivity contribution in [3.05, 3.63) is 41.2 Å². The second kappa shape index (κ2) is 7.01. The third-order valence-electron chi connectivity index (χ3n) is 5.52. The summed E-state index contributed by atoms with van der Waals surface area (Å²) >= 11 is 1.69. The second-order valence-electron chi connectivity index (χ2n) is 7.24. The average molecular weight is 382 g/mol. The van der Waals surface area contributed by atoms with Crippen LogP contribution >= 0.6 is 11.3 Å². The van der Waals surface area contributed by atoms with Gasteiger partial charge in [-0.2, -0.15) is 0 Å². The normalized spacial score (nSPS) is 21.2. The van der Waals surface area contributed by atoms with Gasteiger partial charge in [0.05, 0.1) is 28.5 Å². The maximum Gasteiger partial charge on any atom is 0.276 e. The van der Waals surface area contributed by atoms with Crippen molar-refractivity contribution in [1.82, 2.24) is 30.2 Å². The zero-order valence-electron chi connectivity index (χ0n) is 15.0. The number of amides is 1. The Bertz CT molecular complexity index is 927. The van der Waals surface area contributed by atoms with Crippen molar-refractivity contribution >= 4 is 27.5 Å². The number of carbonyl (C=O) groups excluding carboxylic acids is 1. The molecule has 2 aliphatic heterocycles. The molecule has 140 valence electrons. The van der Waals surface area contributed by atoms with E-state index in [1.165, 1.54) is 4.70 Å². The Labute approximate surface area is 161 Å². The Morgan fingerprint density at radius 1 is 1.19 bits per heavy atom. The minimum absolute atomic E-state index is 0.0306. The first-order chi connectivity index (χ1) is 13.3. The van der Waals surface area contributed by atoms with Gasteiger partial charge in [-0.05, 0) is 50.9 Å². The minimum atomic E-state index is -0.0306. The molecule has 0 saturated carbocycles. The summed E-state index contributed by atoms with van der Waals surface area (Å²) in [5.41, 5.74) is 1.45. The maximum absolute atomic E-state index is 13.1. The number of rotatable bonds is 3. The molecule has 2 fully saturated rings. The second-order valence-corrected chi connectivity index (χ2v) is 8.30. The monoisotopic (exact) mass is 382 g/mol. The zero-order chi connectivity index (χ0) is 18.2. The van der Waals surface area contributed by atoms with Crippen LogP contribution in [0, 0.1) is 0 Å². The van der Waals surface area contributed by atoms with Crippen molar-refractivity contribution in [3.63, 3.8) is 0 Å². The molecular weight excluding hydrogens is 360 g/mol. The highest BCUT2D eigenvalue weighted by Gasteiger charge is 2.34. The third kappa shape index (κ3) is 3.12. The summed E-state index contributed by atoms with van der Waals surface area (Å²) in [5.74, 6) is -0.0306. The summed E-state index contributed by atoms with van der Waals surface area (Å²) in [6, 6.07) is 8.52. The first-order valence-corrected chi connectivity index (χ1v) is 10.4. The van der Waals surface area contributed by atoms with Crippen LogP contribution in [-0.2, 0) is 0 Å². The van der Waals surface area contributed by atoms with Crippen LogP contribution in [0.15, 0.2) is 30.5 Å². The topological polar surface area (TPSA) is 75.9 Å². The molecule has 5 rings (SSSR count). The SMILES string of the molecule is O=C(c1cn(C2CCNCC2)nn1)N1CCCC1c1nc2ccccc2s1. The lowest BCUT2D eigenvalue weighted by molar-refractivity contribution is 0.0729. The molecule has 1 N–H and O–H groups in total. The molecule has 3 aromatic rings. The standard InChI is InChI=1S/C19H22N6OS/c26-19(15-12-25(23-22-15)13-7-9-20-10-8-13)24-11-3-5-16(24)18-21-14-4-1-2-6-17(14)27-18/h1-2,4,6,12-13,16,20H,3,5,7-11H2. The first kappa shape index (κ1) is 16.8. The highest BCUT2D eigenvalue weighted by atomic mass is 32.1. The van der Waals surface area contributed by atoms with Crippen LogP contribution in [0.5, 0.6) is 0 Å². The zero-order valence-corrected chi connectivity index (χ0v) is 15.9. The van der Waals surface area contributed by atoms with Crippen molar-refractivity contribution in [2.75, 3.05) is 19.6 Å². The van der Waals surface area contributed by atoms with Crippen LogP contribution in [-0.4, -0.2) is 50.4 Å². The molecule has 1 atom stereocenters. The number of hydrogen-bond acceptors (Lipinski definition) is 6. The van der Waals surface area contributed by atoms with Gasteiger partial charge in [0.2, 0.25) is 0 Å². The van der Waals surface area contributed by atoms with Crippen LogP contribution in [0.3, 0.4) is 0 Å². The molecule has 0 aliphatic carbocycles. The summed E-state index contributed by atoms with van der Waals surface area (Å²) in [6.07, 6.45) is 5.82. The van der Waals surface area contributed by atoms with Crippen molar-refractivity contribution in [2.45, 2.75) is 37.8 Å². The van der Waals surface area contributed by atoms with Gasteiger partial charge >= 0.3 is 0 Å². The first-order valence-electron chi connectivity index (χ1n) is 9.58. The fourth-order valence-electron chi connectivity index (χ4n) is 4.07. The summed E-state index contributed by atoms with van der Waals surface area (Å²) in [7, 11) is 0. The molecule has 0 spiro atoms. The Balaban J connectivity index is 1.38. The van der Waals surface area contributed by atoms with Gasteiger partial charge in [-0.3, -0.25) is 4.79 Å².